The van der Waals surface area contributed by atoms with Gasteiger partial charge in [0.15, 0.2) is 6.58 Å². The highest BCUT2D eigenvalue weighted by Crippen LogP contribution is 2.13. The summed E-state index contributed by atoms with van der Waals surface area (Å²) < 4.78 is 16.3. The molecule has 0 spiro atoms. The van der Waals surface area contributed by atoms with Crippen LogP contribution in [0.4, 0.5) is 0 Å². The zero-order valence-electron chi connectivity index (χ0n) is 8.50. The van der Waals surface area contributed by atoms with E-state index in [1.807, 2.05) is 0 Å². The molecular formula is C10H9O3PS2. The Bertz CT molecular complexity index is 524. The van der Waals surface area contributed by atoms with Crippen LogP contribution in [-0.2, 0) is 30.0 Å². The largest absolute Gasteiger partial charge is 0.423 e. The standard InChI is InChI=1S/C10H9O3PS2/c1-7(2)10(11)13-8-3-5-9(6-4-8)14(12)16-15/h3-6H,1H2,2H3. The monoisotopic (exact) mass is 272 g/mol. The van der Waals surface area contributed by atoms with Gasteiger partial charge in [0.2, 0.25) is 0 Å². The van der Waals surface area contributed by atoms with Gasteiger partial charge in [-0.2, -0.15) is 0 Å². The van der Waals surface area contributed by atoms with E-state index in [9.17, 15) is 9.36 Å². The van der Waals surface area contributed by atoms with Gasteiger partial charge in [-0.1, -0.05) is 6.58 Å². The fourth-order valence-electron chi connectivity index (χ4n) is 0.873. The molecule has 0 aliphatic heterocycles. The molecule has 0 aliphatic rings. The van der Waals surface area contributed by atoms with Crippen LogP contribution in [0.2, 0.25) is 0 Å². The predicted molar refractivity (Wildman–Crippen MR) is 68.9 cm³/mol. The van der Waals surface area contributed by atoms with Crippen molar-refractivity contribution in [1.29, 1.82) is 0 Å². The van der Waals surface area contributed by atoms with Crippen molar-refractivity contribution in [3.63, 3.8) is 0 Å². The van der Waals surface area contributed by atoms with Crippen molar-refractivity contribution in [3.05, 3.63) is 36.4 Å². The quantitative estimate of drug-likeness (QED) is 0.366. The van der Waals surface area contributed by atoms with E-state index in [-0.39, 0.29) is 0 Å². The molecule has 0 aliphatic carbocycles. The van der Waals surface area contributed by atoms with Gasteiger partial charge >= 0.3 is 5.97 Å². The van der Waals surface area contributed by atoms with E-state index in [0.717, 1.165) is 9.50 Å². The third-order valence-electron chi connectivity index (χ3n) is 1.67. The maximum atomic E-state index is 11.3. The van der Waals surface area contributed by atoms with Crippen LogP contribution in [0.25, 0.3) is 0 Å². The SMILES string of the molecule is C=C(C)C(=O)Oc1ccc(P(=O)=S=S)cc1. The average molecular weight is 272 g/mol. The van der Waals surface area contributed by atoms with Crippen LogP contribution in [-0.4, -0.2) is 5.97 Å². The van der Waals surface area contributed by atoms with Gasteiger partial charge < -0.3 is 4.74 Å². The zero-order chi connectivity index (χ0) is 12.1. The minimum atomic E-state index is -1.60. The van der Waals surface area contributed by atoms with E-state index < -0.39 is 12.5 Å². The molecule has 0 radical (unpaired) electrons. The van der Waals surface area contributed by atoms with E-state index in [2.05, 4.69) is 17.8 Å². The summed E-state index contributed by atoms with van der Waals surface area (Å²) in [6, 6.07) is 6.40. The Balaban J connectivity index is 2.88. The molecule has 0 N–H and O–H groups in total. The van der Waals surface area contributed by atoms with Crippen molar-refractivity contribution in [2.75, 3.05) is 0 Å². The molecular weight excluding hydrogens is 263 g/mol. The highest BCUT2D eigenvalue weighted by atomic mass is 32.9. The molecule has 0 aromatic heterocycles. The average Bonchev–Trinajstić information content (AvgIpc) is 2.28. The second-order valence-corrected chi connectivity index (χ2v) is 6.96. The Morgan fingerprint density at radius 3 is 2.44 bits per heavy atom. The molecule has 1 rings (SSSR count). The van der Waals surface area contributed by atoms with Crippen molar-refractivity contribution in [2.24, 2.45) is 0 Å². The van der Waals surface area contributed by atoms with E-state index >= 15 is 0 Å². The lowest BCUT2D eigenvalue weighted by Gasteiger charge is -2.02. The first-order valence-corrected chi connectivity index (χ1v) is 7.90. The maximum Gasteiger partial charge on any atom is 0.338 e. The minimum absolute atomic E-state index is 0.330. The van der Waals surface area contributed by atoms with Gasteiger partial charge in [-0.15, -0.1) is 0 Å². The fourth-order valence-corrected chi connectivity index (χ4v) is 2.75. The molecule has 0 saturated carbocycles. The Morgan fingerprint density at radius 1 is 1.44 bits per heavy atom. The third kappa shape index (κ3) is 3.52. The highest BCUT2D eigenvalue weighted by Gasteiger charge is 2.05. The van der Waals surface area contributed by atoms with Crippen LogP contribution < -0.4 is 10.0 Å². The molecule has 3 nitrogen and oxygen atoms in total. The molecule has 16 heavy (non-hydrogen) atoms. The zero-order valence-corrected chi connectivity index (χ0v) is 11.0. The summed E-state index contributed by atoms with van der Waals surface area (Å²) in [5, 5.41) is 0.630. The smallest absolute Gasteiger partial charge is 0.338 e. The summed E-state index contributed by atoms with van der Waals surface area (Å²) in [4.78, 5) is 11.2. The van der Waals surface area contributed by atoms with Crippen LogP contribution in [0.1, 0.15) is 6.92 Å². The molecule has 1 atom stereocenters. The number of benzene rings is 1. The number of carbonyl (C=O) groups excluding carboxylic acids is 1. The van der Waals surface area contributed by atoms with Crippen molar-refractivity contribution < 1.29 is 14.1 Å². The predicted octanol–water partition coefficient (Wildman–Crippen LogP) is 2.08. The van der Waals surface area contributed by atoms with Crippen molar-refractivity contribution in [3.8, 4) is 5.75 Å². The lowest BCUT2D eigenvalue weighted by Crippen LogP contribution is -2.08. The number of hydrogen-bond acceptors (Lipinski definition) is 4. The number of hydrogen-bond donors (Lipinski definition) is 0. The second-order valence-electron chi connectivity index (χ2n) is 3.00. The Hall–Kier alpha value is -1.03. The maximum absolute atomic E-state index is 11.3. The van der Waals surface area contributed by atoms with Gasteiger partial charge in [0, 0.05) is 10.9 Å². The van der Waals surface area contributed by atoms with Crippen LogP contribution in [0.15, 0.2) is 36.4 Å². The second kappa shape index (κ2) is 5.89. The summed E-state index contributed by atoms with van der Waals surface area (Å²) in [6.07, 6.45) is 0. The lowest BCUT2D eigenvalue weighted by molar-refractivity contribution is -0.130. The summed E-state index contributed by atoms with van der Waals surface area (Å²) in [5.74, 6) is -0.0794. The van der Waals surface area contributed by atoms with Crippen LogP contribution in [0, 0.1) is 0 Å². The number of esters is 1. The molecule has 0 bridgehead atoms. The van der Waals surface area contributed by atoms with Crippen LogP contribution in [0.3, 0.4) is 0 Å². The minimum Gasteiger partial charge on any atom is -0.423 e. The summed E-state index contributed by atoms with van der Waals surface area (Å²) in [7, 11) is 0.873. The van der Waals surface area contributed by atoms with E-state index in [1.54, 1.807) is 31.2 Å². The molecule has 0 amide bonds. The van der Waals surface area contributed by atoms with Crippen molar-refractivity contribution in [1.82, 2.24) is 0 Å². The van der Waals surface area contributed by atoms with Gasteiger partial charge in [0.1, 0.15) is 5.75 Å². The van der Waals surface area contributed by atoms with Gasteiger partial charge in [-0.3, -0.25) is 4.57 Å². The number of rotatable bonds is 3. The van der Waals surface area contributed by atoms with Crippen molar-refractivity contribution >= 4 is 38.5 Å². The summed E-state index contributed by atoms with van der Waals surface area (Å²) in [5.41, 5.74) is 0.330. The Kier molecular flexibility index (Phi) is 4.80. The van der Waals surface area contributed by atoms with Crippen LogP contribution >= 0.6 is 6.58 Å². The topological polar surface area (TPSA) is 43.4 Å². The van der Waals surface area contributed by atoms with Gasteiger partial charge in [0.25, 0.3) is 0 Å². The third-order valence-corrected chi connectivity index (χ3v) is 4.79. The van der Waals surface area contributed by atoms with Gasteiger partial charge in [-0.25, -0.2) is 4.79 Å². The lowest BCUT2D eigenvalue weighted by atomic mass is 10.3. The highest BCUT2D eigenvalue weighted by molar-refractivity contribution is 8.34. The fraction of sp³-hybridized carbons (Fsp3) is 0.100. The van der Waals surface area contributed by atoms with Gasteiger partial charge in [0.05, 0.1) is 0 Å². The molecule has 1 aromatic carbocycles. The van der Waals surface area contributed by atoms with Crippen LogP contribution in [0.5, 0.6) is 5.75 Å². The molecule has 84 valence electrons. The number of ether oxygens (including phenoxy) is 1. The molecule has 1 unspecified atom stereocenters. The Labute approximate surface area is 102 Å². The molecule has 0 fully saturated rings. The van der Waals surface area contributed by atoms with Gasteiger partial charge in [-0.05, 0) is 51.9 Å². The molecule has 6 heteroatoms. The first-order chi connectivity index (χ1) is 7.54. The number of carbonyl (C=O) groups is 1. The Morgan fingerprint density at radius 2 is 2.00 bits per heavy atom. The summed E-state index contributed by atoms with van der Waals surface area (Å²) in [6.45, 7) is 3.45. The molecule has 1 aromatic rings. The normalized spacial score (nSPS) is 10.4. The van der Waals surface area contributed by atoms with E-state index in [4.69, 9.17) is 4.74 Å². The first-order valence-electron chi connectivity index (χ1n) is 4.29. The summed E-state index contributed by atoms with van der Waals surface area (Å²) >= 11 is 4.63. The molecule has 0 heterocycles. The van der Waals surface area contributed by atoms with Crippen molar-refractivity contribution in [2.45, 2.75) is 6.92 Å². The molecule has 0 saturated heterocycles. The van der Waals surface area contributed by atoms with E-state index in [1.165, 1.54) is 0 Å². The van der Waals surface area contributed by atoms with E-state index in [0.29, 0.717) is 16.6 Å². The first kappa shape index (κ1) is 13.0.